The Morgan fingerprint density at radius 2 is 1.90 bits per heavy atom. The van der Waals surface area contributed by atoms with Crippen molar-refractivity contribution in [1.29, 1.82) is 0 Å². The molecule has 11 nitrogen and oxygen atoms in total. The van der Waals surface area contributed by atoms with Gasteiger partial charge < -0.3 is 26.2 Å². The number of carbonyl (C=O) groups is 2. The molecule has 3 atom stereocenters. The molecule has 3 amide bonds. The van der Waals surface area contributed by atoms with Crippen LogP contribution in [0.25, 0.3) is 0 Å². The highest BCUT2D eigenvalue weighted by molar-refractivity contribution is 7.59. The topological polar surface area (TPSA) is 142 Å². The number of hydrogen-bond donors (Lipinski definition) is 3. The molecule has 0 spiro atoms. The van der Waals surface area contributed by atoms with E-state index in [1.165, 1.54) is 5.56 Å². The third-order valence-corrected chi connectivity index (χ3v) is 8.15. The Hall–Kier alpha value is -3.67. The molecular weight excluding hydrogens is 514 g/mol. The van der Waals surface area contributed by atoms with Crippen LogP contribution in [-0.4, -0.2) is 74.9 Å². The van der Waals surface area contributed by atoms with Gasteiger partial charge in [0.15, 0.2) is 0 Å². The van der Waals surface area contributed by atoms with E-state index in [9.17, 15) is 9.59 Å². The van der Waals surface area contributed by atoms with Crippen molar-refractivity contribution < 1.29 is 9.59 Å². The number of amides is 3. The van der Waals surface area contributed by atoms with Crippen molar-refractivity contribution in [3.05, 3.63) is 52.9 Å². The molecule has 3 aliphatic heterocycles. The summed E-state index contributed by atoms with van der Waals surface area (Å²) in [5.41, 5.74) is 8.51. The minimum absolute atomic E-state index is 0. The van der Waals surface area contributed by atoms with Crippen LogP contribution < -0.4 is 21.3 Å². The second-order valence-electron chi connectivity index (χ2n) is 11.0. The Labute approximate surface area is 234 Å². The Balaban J connectivity index is 0.00000308. The normalized spacial score (nSPS) is 24.7. The maximum Gasteiger partial charge on any atom is 0.318 e. The summed E-state index contributed by atoms with van der Waals surface area (Å²) in [5.74, 6) is 1.99. The van der Waals surface area contributed by atoms with Gasteiger partial charge in [0.2, 0.25) is 17.8 Å². The maximum absolute atomic E-state index is 13.4. The van der Waals surface area contributed by atoms with Crippen LogP contribution >= 0.6 is 13.5 Å². The number of aliphatic imine (C=N–C) groups is 1. The zero-order chi connectivity index (χ0) is 26.6. The number of benzene rings is 1. The molecule has 39 heavy (non-hydrogen) atoms. The van der Waals surface area contributed by atoms with Crippen molar-refractivity contribution in [3.8, 4) is 0 Å². The SMILES string of the molecule is Cc1nc(NC2=NCC3=C2CN(C(=O)NC2C[C@@H]2c2ccccc2)C3(C)C)nc(N2CCC[C@H]2C(N)=O)n1.S. The first-order valence-corrected chi connectivity index (χ1v) is 13.2. The molecule has 12 heteroatoms. The van der Waals surface area contributed by atoms with Crippen LogP contribution in [0.2, 0.25) is 0 Å². The zero-order valence-electron chi connectivity index (χ0n) is 22.4. The van der Waals surface area contributed by atoms with E-state index in [4.69, 9.17) is 10.7 Å². The highest BCUT2D eigenvalue weighted by Gasteiger charge is 2.48. The smallest absolute Gasteiger partial charge is 0.318 e. The summed E-state index contributed by atoms with van der Waals surface area (Å²) in [6.45, 7) is 7.55. The van der Waals surface area contributed by atoms with Crippen molar-refractivity contribution in [1.82, 2.24) is 25.2 Å². The average Bonchev–Trinajstić information content (AvgIpc) is 3.19. The van der Waals surface area contributed by atoms with E-state index in [2.05, 4.69) is 51.6 Å². The number of hydrogen-bond acceptors (Lipinski definition) is 8. The number of urea groups is 1. The summed E-state index contributed by atoms with van der Waals surface area (Å²) in [5, 5.41) is 6.51. The Kier molecular flexibility index (Phi) is 7.00. The second-order valence-corrected chi connectivity index (χ2v) is 11.0. The summed E-state index contributed by atoms with van der Waals surface area (Å²) in [4.78, 5) is 47.2. The molecule has 1 unspecified atom stereocenters. The summed E-state index contributed by atoms with van der Waals surface area (Å²) < 4.78 is 0. The van der Waals surface area contributed by atoms with Gasteiger partial charge in [-0.25, -0.2) is 4.79 Å². The third-order valence-electron chi connectivity index (χ3n) is 8.15. The molecule has 1 saturated heterocycles. The van der Waals surface area contributed by atoms with Gasteiger partial charge in [-0.15, -0.1) is 0 Å². The van der Waals surface area contributed by atoms with E-state index >= 15 is 0 Å². The largest absolute Gasteiger partial charge is 0.368 e. The number of nitrogens with zero attached hydrogens (tertiary/aromatic N) is 6. The number of aromatic nitrogens is 3. The molecule has 1 aromatic heterocycles. The van der Waals surface area contributed by atoms with Crippen LogP contribution in [-0.2, 0) is 4.79 Å². The molecule has 1 aliphatic carbocycles. The van der Waals surface area contributed by atoms with Gasteiger partial charge in [0.1, 0.15) is 17.7 Å². The van der Waals surface area contributed by atoms with Crippen LogP contribution in [0.1, 0.15) is 50.4 Å². The first-order chi connectivity index (χ1) is 18.2. The highest BCUT2D eigenvalue weighted by Crippen LogP contribution is 2.42. The van der Waals surface area contributed by atoms with E-state index in [-0.39, 0.29) is 31.5 Å². The lowest BCUT2D eigenvalue weighted by molar-refractivity contribution is -0.119. The van der Waals surface area contributed by atoms with Crippen LogP contribution in [0.4, 0.5) is 16.7 Å². The van der Waals surface area contributed by atoms with E-state index in [1.807, 2.05) is 28.0 Å². The van der Waals surface area contributed by atoms with Gasteiger partial charge >= 0.3 is 6.03 Å². The molecule has 4 N–H and O–H groups in total. The van der Waals surface area contributed by atoms with Gasteiger partial charge in [0.05, 0.1) is 18.6 Å². The lowest BCUT2D eigenvalue weighted by Gasteiger charge is -2.34. The minimum atomic E-state index is -0.464. The van der Waals surface area contributed by atoms with Gasteiger partial charge in [-0.2, -0.15) is 28.4 Å². The summed E-state index contributed by atoms with van der Waals surface area (Å²) in [6, 6.07) is 10.0. The fourth-order valence-electron chi connectivity index (χ4n) is 5.90. The Bertz CT molecular complexity index is 1360. The number of carbonyl (C=O) groups excluding carboxylic acids is 2. The van der Waals surface area contributed by atoms with Crippen molar-refractivity contribution in [2.45, 2.75) is 63.6 Å². The first-order valence-electron chi connectivity index (χ1n) is 13.2. The highest BCUT2D eigenvalue weighted by atomic mass is 32.1. The fraction of sp³-hybridized carbons (Fsp3) is 0.481. The molecular formula is C27H35N9O2S. The van der Waals surface area contributed by atoms with Crippen LogP contribution in [0.3, 0.4) is 0 Å². The molecule has 1 saturated carbocycles. The van der Waals surface area contributed by atoms with Crippen molar-refractivity contribution >= 4 is 43.2 Å². The van der Waals surface area contributed by atoms with Crippen molar-refractivity contribution in [3.63, 3.8) is 0 Å². The minimum Gasteiger partial charge on any atom is -0.368 e. The lowest BCUT2D eigenvalue weighted by atomic mass is 9.94. The van der Waals surface area contributed by atoms with Crippen LogP contribution in [0.5, 0.6) is 0 Å². The van der Waals surface area contributed by atoms with E-state index in [0.29, 0.717) is 55.5 Å². The molecule has 2 aromatic rings. The molecule has 6 rings (SSSR count). The third kappa shape index (κ3) is 4.93. The number of nitrogens with one attached hydrogen (secondary N) is 2. The second kappa shape index (κ2) is 10.1. The van der Waals surface area contributed by atoms with Gasteiger partial charge in [-0.1, -0.05) is 30.3 Å². The summed E-state index contributed by atoms with van der Waals surface area (Å²) in [7, 11) is 0. The maximum atomic E-state index is 13.4. The predicted octanol–water partition coefficient (Wildman–Crippen LogP) is 2.23. The molecule has 206 valence electrons. The lowest BCUT2D eigenvalue weighted by Crippen LogP contribution is -2.51. The van der Waals surface area contributed by atoms with Crippen LogP contribution in [0.15, 0.2) is 46.5 Å². The first kappa shape index (κ1) is 26.9. The Morgan fingerprint density at radius 1 is 1.13 bits per heavy atom. The van der Waals surface area contributed by atoms with Gasteiger partial charge in [0, 0.05) is 24.1 Å². The van der Waals surface area contributed by atoms with Crippen molar-refractivity contribution in [2.24, 2.45) is 10.7 Å². The number of primary amides is 1. The standard InChI is InChI=1S/C27H33N9O2.H2S/c1-15-30-24(34-25(31-15)35-11-7-10-21(35)22(28)37)33-23-18-14-36(27(2,3)19(18)13-29-23)26(38)32-20-12-17(20)16-8-5-4-6-9-16;/h4-6,8-9,17,20-21H,7,10-14H2,1-3H3,(H2,28,37)(H,32,38)(H,29,30,31,33,34);1H2/t17-,20?,21+;/m1./s1. The van der Waals surface area contributed by atoms with E-state index < -0.39 is 11.6 Å². The number of amidine groups is 1. The van der Waals surface area contributed by atoms with Crippen LogP contribution in [0, 0.1) is 6.92 Å². The van der Waals surface area contributed by atoms with Crippen molar-refractivity contribution in [2.75, 3.05) is 29.9 Å². The number of nitrogens with two attached hydrogens (primary N) is 1. The molecule has 0 radical (unpaired) electrons. The van der Waals surface area contributed by atoms with Gasteiger partial charge in [-0.3, -0.25) is 9.79 Å². The summed E-state index contributed by atoms with van der Waals surface area (Å²) in [6.07, 6.45) is 2.50. The number of anilines is 2. The monoisotopic (exact) mass is 549 g/mol. The summed E-state index contributed by atoms with van der Waals surface area (Å²) >= 11 is 0. The van der Waals surface area contributed by atoms with E-state index in [1.54, 1.807) is 6.92 Å². The Morgan fingerprint density at radius 3 is 2.64 bits per heavy atom. The number of rotatable bonds is 5. The number of aryl methyl sites for hydroxylation is 1. The molecule has 4 aliphatic rings. The average molecular weight is 550 g/mol. The van der Waals surface area contributed by atoms with Gasteiger partial charge in [0.25, 0.3) is 0 Å². The predicted molar refractivity (Wildman–Crippen MR) is 154 cm³/mol. The van der Waals surface area contributed by atoms with Gasteiger partial charge in [-0.05, 0) is 51.2 Å². The molecule has 0 bridgehead atoms. The molecule has 1 aromatic carbocycles. The quantitative estimate of drug-likeness (QED) is 0.519. The zero-order valence-corrected chi connectivity index (χ0v) is 23.4. The molecule has 4 heterocycles. The molecule has 2 fully saturated rings. The van der Waals surface area contributed by atoms with E-state index in [0.717, 1.165) is 24.0 Å². The fourth-order valence-corrected chi connectivity index (χ4v) is 5.90.